The first-order valence-electron chi connectivity index (χ1n) is 10.7. The molecule has 1 aliphatic rings. The van der Waals surface area contributed by atoms with E-state index in [-0.39, 0.29) is 30.2 Å². The third kappa shape index (κ3) is 4.87. The van der Waals surface area contributed by atoms with Gasteiger partial charge in [-0.05, 0) is 41.3 Å². The van der Waals surface area contributed by atoms with E-state index in [0.717, 1.165) is 22.3 Å². The van der Waals surface area contributed by atoms with Crippen LogP contribution in [0.2, 0.25) is 0 Å². The van der Waals surface area contributed by atoms with Crippen LogP contribution in [0.25, 0.3) is 11.1 Å². The minimum absolute atomic E-state index is 0.00278. The Morgan fingerprint density at radius 1 is 0.909 bits per heavy atom. The summed E-state index contributed by atoms with van der Waals surface area (Å²) in [4.78, 5) is 36.0. The van der Waals surface area contributed by atoms with Gasteiger partial charge in [0.15, 0.2) is 0 Å². The van der Waals surface area contributed by atoms with Gasteiger partial charge in [0.1, 0.15) is 6.61 Å². The number of carboxylic acids is 1. The zero-order valence-corrected chi connectivity index (χ0v) is 18.1. The van der Waals surface area contributed by atoms with Crippen LogP contribution >= 0.6 is 0 Å². The van der Waals surface area contributed by atoms with Crippen molar-refractivity contribution in [2.45, 2.75) is 25.3 Å². The van der Waals surface area contributed by atoms with Crippen molar-refractivity contribution in [3.63, 3.8) is 0 Å². The molecule has 0 spiro atoms. The quantitative estimate of drug-likeness (QED) is 0.492. The molecule has 1 unspecified atom stereocenters. The maximum atomic E-state index is 12.4. The minimum Gasteiger partial charge on any atom is -0.478 e. The van der Waals surface area contributed by atoms with Crippen LogP contribution in [0.4, 0.5) is 10.5 Å². The van der Waals surface area contributed by atoms with Gasteiger partial charge in [0.25, 0.3) is 0 Å². The van der Waals surface area contributed by atoms with Crippen molar-refractivity contribution in [2.24, 2.45) is 0 Å². The van der Waals surface area contributed by atoms with Gasteiger partial charge in [-0.1, -0.05) is 60.7 Å². The monoisotopic (exact) mass is 444 g/mol. The Bertz CT molecular complexity index is 1160. The van der Waals surface area contributed by atoms with Crippen LogP contribution in [0.5, 0.6) is 0 Å². The highest BCUT2D eigenvalue weighted by Crippen LogP contribution is 2.44. The number of hydrogen-bond donors (Lipinski definition) is 3. The summed E-state index contributed by atoms with van der Waals surface area (Å²) in [6.45, 7) is 1.87. The summed E-state index contributed by atoms with van der Waals surface area (Å²) >= 11 is 0. The largest absolute Gasteiger partial charge is 0.478 e. The molecule has 7 heteroatoms. The molecule has 0 bridgehead atoms. The van der Waals surface area contributed by atoms with Gasteiger partial charge in [0.05, 0.1) is 11.3 Å². The van der Waals surface area contributed by atoms with Gasteiger partial charge in [-0.25, -0.2) is 9.59 Å². The highest BCUT2D eigenvalue weighted by Gasteiger charge is 2.29. The third-order valence-electron chi connectivity index (χ3n) is 5.63. The number of carboxylic acid groups (broad SMARTS) is 1. The van der Waals surface area contributed by atoms with E-state index in [0.29, 0.717) is 0 Å². The second kappa shape index (κ2) is 9.56. The second-order valence-corrected chi connectivity index (χ2v) is 7.97. The van der Waals surface area contributed by atoms with E-state index < -0.39 is 24.0 Å². The fourth-order valence-electron chi connectivity index (χ4n) is 4.15. The number of aromatic carboxylic acids is 1. The molecule has 0 aliphatic heterocycles. The number of rotatable bonds is 7. The molecule has 33 heavy (non-hydrogen) atoms. The van der Waals surface area contributed by atoms with Crippen LogP contribution in [-0.2, 0) is 9.53 Å². The van der Waals surface area contributed by atoms with Crippen molar-refractivity contribution in [3.05, 3.63) is 89.5 Å². The number of nitrogens with one attached hydrogen (secondary N) is 2. The summed E-state index contributed by atoms with van der Waals surface area (Å²) < 4.78 is 5.50. The molecule has 7 nitrogen and oxygen atoms in total. The summed E-state index contributed by atoms with van der Waals surface area (Å²) in [5, 5.41) is 14.5. The summed E-state index contributed by atoms with van der Waals surface area (Å²) in [5.74, 6) is -1.58. The second-order valence-electron chi connectivity index (χ2n) is 7.97. The standard InChI is InChI=1S/C26H24N2O5/c1-16(14-24(29)28-23-13-7-6-12-21(23)25(30)31)27-26(32)33-15-22-19-10-4-2-8-17(19)18-9-3-5-11-20(18)22/h2-13,16,22H,14-15H2,1H3,(H,27,32)(H,28,29)(H,30,31). The zero-order chi connectivity index (χ0) is 23.4. The molecule has 3 N–H and O–H groups in total. The Kier molecular flexibility index (Phi) is 6.40. The van der Waals surface area contributed by atoms with Gasteiger partial charge >= 0.3 is 12.1 Å². The summed E-state index contributed by atoms with van der Waals surface area (Å²) in [7, 11) is 0. The lowest BCUT2D eigenvalue weighted by molar-refractivity contribution is -0.116. The lowest BCUT2D eigenvalue weighted by atomic mass is 9.98. The molecule has 0 fully saturated rings. The molecule has 0 heterocycles. The number of hydrogen-bond acceptors (Lipinski definition) is 4. The number of fused-ring (bicyclic) bond motifs is 3. The molecule has 1 atom stereocenters. The molecular formula is C26H24N2O5. The van der Waals surface area contributed by atoms with Crippen LogP contribution in [-0.4, -0.2) is 35.7 Å². The van der Waals surface area contributed by atoms with E-state index in [4.69, 9.17) is 4.74 Å². The lowest BCUT2D eigenvalue weighted by Gasteiger charge is -2.17. The Balaban J connectivity index is 1.32. The third-order valence-corrected chi connectivity index (χ3v) is 5.63. The van der Waals surface area contributed by atoms with Crippen molar-refractivity contribution in [3.8, 4) is 11.1 Å². The molecule has 3 aromatic rings. The van der Waals surface area contributed by atoms with Crippen LogP contribution in [0.1, 0.15) is 40.7 Å². The summed E-state index contributed by atoms with van der Waals surface area (Å²) in [6, 6.07) is 21.8. The molecule has 0 saturated carbocycles. The predicted octanol–water partition coefficient (Wildman–Crippen LogP) is 4.64. The number of para-hydroxylation sites is 1. The maximum Gasteiger partial charge on any atom is 0.407 e. The molecule has 2 amide bonds. The zero-order valence-electron chi connectivity index (χ0n) is 18.1. The highest BCUT2D eigenvalue weighted by atomic mass is 16.5. The van der Waals surface area contributed by atoms with Crippen LogP contribution < -0.4 is 10.6 Å². The lowest BCUT2D eigenvalue weighted by Crippen LogP contribution is -2.36. The summed E-state index contributed by atoms with van der Waals surface area (Å²) in [5.41, 5.74) is 4.75. The van der Waals surface area contributed by atoms with Crippen molar-refractivity contribution < 1.29 is 24.2 Å². The van der Waals surface area contributed by atoms with Crippen molar-refractivity contribution in [1.82, 2.24) is 5.32 Å². The van der Waals surface area contributed by atoms with Crippen LogP contribution in [0, 0.1) is 0 Å². The number of carbonyl (C=O) groups is 3. The summed E-state index contributed by atoms with van der Waals surface area (Å²) in [6.07, 6.45) is -0.638. The molecule has 3 aromatic carbocycles. The molecular weight excluding hydrogens is 420 g/mol. The first kappa shape index (κ1) is 22.1. The average Bonchev–Trinajstić information content (AvgIpc) is 3.11. The average molecular weight is 444 g/mol. The van der Waals surface area contributed by atoms with Crippen molar-refractivity contribution >= 4 is 23.7 Å². The number of ether oxygens (including phenoxy) is 1. The molecule has 0 radical (unpaired) electrons. The number of benzene rings is 3. The topological polar surface area (TPSA) is 105 Å². The van der Waals surface area contributed by atoms with Gasteiger partial charge in [-0.15, -0.1) is 0 Å². The fraction of sp³-hybridized carbons (Fsp3) is 0.192. The Morgan fingerprint density at radius 2 is 1.48 bits per heavy atom. The molecule has 168 valence electrons. The van der Waals surface area contributed by atoms with E-state index in [2.05, 4.69) is 22.8 Å². The van der Waals surface area contributed by atoms with E-state index in [1.165, 1.54) is 12.1 Å². The van der Waals surface area contributed by atoms with Crippen molar-refractivity contribution in [2.75, 3.05) is 11.9 Å². The van der Waals surface area contributed by atoms with Gasteiger partial charge in [-0.3, -0.25) is 4.79 Å². The van der Waals surface area contributed by atoms with Crippen LogP contribution in [0.15, 0.2) is 72.8 Å². The Hall–Kier alpha value is -4.13. The highest BCUT2D eigenvalue weighted by molar-refractivity contribution is 6.00. The number of carbonyl (C=O) groups excluding carboxylic acids is 2. The molecule has 0 aromatic heterocycles. The van der Waals surface area contributed by atoms with Gasteiger partial charge < -0.3 is 20.5 Å². The normalized spacial score (nSPS) is 12.9. The van der Waals surface area contributed by atoms with Crippen LogP contribution in [0.3, 0.4) is 0 Å². The number of alkyl carbamates (subject to hydrolysis) is 1. The number of anilines is 1. The first-order chi connectivity index (χ1) is 15.9. The fourth-order valence-corrected chi connectivity index (χ4v) is 4.15. The SMILES string of the molecule is CC(CC(=O)Nc1ccccc1C(=O)O)NC(=O)OCC1c2ccccc2-c2ccccc21. The van der Waals surface area contributed by atoms with Gasteiger partial charge in [0.2, 0.25) is 5.91 Å². The smallest absolute Gasteiger partial charge is 0.407 e. The molecule has 4 rings (SSSR count). The van der Waals surface area contributed by atoms with Gasteiger partial charge in [-0.2, -0.15) is 0 Å². The predicted molar refractivity (Wildman–Crippen MR) is 124 cm³/mol. The Labute approximate surface area is 191 Å². The van der Waals surface area contributed by atoms with E-state index >= 15 is 0 Å². The van der Waals surface area contributed by atoms with Crippen molar-refractivity contribution in [1.29, 1.82) is 0 Å². The van der Waals surface area contributed by atoms with E-state index in [9.17, 15) is 19.5 Å². The number of amides is 2. The molecule has 1 aliphatic carbocycles. The maximum absolute atomic E-state index is 12.4. The first-order valence-corrected chi connectivity index (χ1v) is 10.7. The minimum atomic E-state index is -1.13. The molecule has 0 saturated heterocycles. The van der Waals surface area contributed by atoms with Gasteiger partial charge in [0, 0.05) is 18.4 Å². The van der Waals surface area contributed by atoms with E-state index in [1.807, 2.05) is 36.4 Å². The van der Waals surface area contributed by atoms with E-state index in [1.54, 1.807) is 19.1 Å². The Morgan fingerprint density at radius 3 is 2.12 bits per heavy atom.